The predicted octanol–water partition coefficient (Wildman–Crippen LogP) is 8.06. The first-order chi connectivity index (χ1) is 10.9. The molecule has 0 aromatic carbocycles. The third-order valence-electron chi connectivity index (χ3n) is 20.4. The number of rotatable bonds is 6. The monoisotopic (exact) mass is 354 g/mol. The van der Waals surface area contributed by atoms with E-state index in [1.165, 1.54) is 19.3 Å². The van der Waals surface area contributed by atoms with Crippen molar-refractivity contribution in [3.63, 3.8) is 0 Å². The van der Waals surface area contributed by atoms with Gasteiger partial charge in [0.2, 0.25) is 0 Å². The Morgan fingerprint density at radius 2 is 0.957 bits per heavy atom. The fourth-order valence-electron chi connectivity index (χ4n) is 27.2. The minimum absolute atomic E-state index is 1.02. The van der Waals surface area contributed by atoms with Crippen molar-refractivity contribution in [3.05, 3.63) is 0 Å². The molecule has 10 rings (SSSR count). The fraction of sp³-hybridized carbons (Fsp3) is 1.00. The van der Waals surface area contributed by atoms with E-state index in [4.69, 9.17) is 0 Å². The van der Waals surface area contributed by atoms with Gasteiger partial charge in [-0.2, -0.15) is 0 Å². The summed E-state index contributed by atoms with van der Waals surface area (Å²) in [6.07, 6.45) is 9.81. The van der Waals surface area contributed by atoms with E-state index < -0.39 is 6.51 Å². The summed E-state index contributed by atoms with van der Waals surface area (Å²) >= 11 is 0. The van der Waals surface area contributed by atoms with Gasteiger partial charge in [-0.15, -0.1) is 0 Å². The van der Waals surface area contributed by atoms with Gasteiger partial charge in [0.1, 0.15) is 0 Å². The van der Waals surface area contributed by atoms with Gasteiger partial charge in [0.25, 0.3) is 0 Å². The van der Waals surface area contributed by atoms with Crippen molar-refractivity contribution in [1.82, 2.24) is 0 Å². The summed E-state index contributed by atoms with van der Waals surface area (Å²) in [5.74, 6) is 0. The molecule has 0 aromatic heterocycles. The van der Waals surface area contributed by atoms with Crippen LogP contribution < -0.4 is 0 Å². The third kappa shape index (κ3) is 0.105. The van der Waals surface area contributed by atoms with E-state index in [1.807, 2.05) is 0 Å². The molecule has 1 spiro atoms. The molecule has 0 bridgehead atoms. The van der Waals surface area contributed by atoms with Crippen LogP contribution in [0, 0.1) is 0 Å². The van der Waals surface area contributed by atoms with Crippen LogP contribution in [-0.2, 0) is 6.51 Å². The Morgan fingerprint density at radius 1 is 0.565 bits per heavy atom. The van der Waals surface area contributed by atoms with E-state index >= 15 is 0 Å². The van der Waals surface area contributed by atoms with E-state index in [2.05, 4.69) is 41.5 Å². The van der Waals surface area contributed by atoms with Gasteiger partial charge < -0.3 is 0 Å². The van der Waals surface area contributed by atoms with Crippen LogP contribution in [-0.4, -0.2) is 0 Å². The summed E-state index contributed by atoms with van der Waals surface area (Å²) in [5.41, 5.74) is 0. The summed E-state index contributed by atoms with van der Waals surface area (Å²) in [7, 11) is 0. The van der Waals surface area contributed by atoms with Crippen LogP contribution in [0.15, 0.2) is 0 Å². The second-order valence-electron chi connectivity index (χ2n) is 13.1. The van der Waals surface area contributed by atoms with Gasteiger partial charge in [-0.3, -0.25) is 0 Å². The number of hydrogen-bond donors (Lipinski definition) is 0. The molecule has 130 valence electrons. The molecular weight excluding hydrogens is 320 g/mol. The molecule has 1 heteroatoms. The van der Waals surface area contributed by atoms with Crippen LogP contribution >= 0.6 is 0 Å². The first kappa shape index (κ1) is 11.3. The Balaban J connectivity index is 1.66. The summed E-state index contributed by atoms with van der Waals surface area (Å²) in [5, 5.41) is 0. The average molecular weight is 354 g/mol. The Hall–Kier alpha value is 0.519. The molecule has 10 heterocycles. The van der Waals surface area contributed by atoms with Gasteiger partial charge in [-0.25, -0.2) is 0 Å². The molecule has 0 saturated carbocycles. The Morgan fingerprint density at radius 3 is 1.22 bits per heavy atom. The maximum atomic E-state index is 2.69. The van der Waals surface area contributed by atoms with Crippen molar-refractivity contribution >= 4 is 0 Å². The van der Waals surface area contributed by atoms with Gasteiger partial charge in [0.05, 0.1) is 0 Å². The van der Waals surface area contributed by atoms with Gasteiger partial charge in [0.15, 0.2) is 0 Å². The number of fused-ring (bicyclic) bond motifs is 10. The Bertz CT molecular complexity index is 1160. The molecule has 10 aliphatic heterocycles. The van der Waals surface area contributed by atoms with Crippen molar-refractivity contribution in [2.24, 2.45) is 0 Å². The first-order valence-electron chi connectivity index (χ1n) is 11.1. The van der Waals surface area contributed by atoms with Crippen LogP contribution in [0.5, 0.6) is 0 Å². The van der Waals surface area contributed by atoms with E-state index in [-0.39, 0.29) is 0 Å². The molecule has 10 aliphatic rings. The molecule has 8 unspecified atom stereocenters. The molecule has 0 radical (unpaired) electrons. The molecule has 0 nitrogen and oxygen atoms in total. The molecule has 10 saturated heterocycles. The maximum absolute atomic E-state index is 3.60. The topological polar surface area (TPSA) is 0 Å². The third-order valence-corrected chi connectivity index (χ3v) is 69.3. The zero-order valence-electron chi connectivity index (χ0n) is 15.9. The van der Waals surface area contributed by atoms with E-state index in [0.29, 0.717) is 0 Å². The first-order valence-corrected chi connectivity index (χ1v) is 16.9. The fourth-order valence-corrected chi connectivity index (χ4v) is 120. The van der Waals surface area contributed by atoms with Crippen molar-refractivity contribution in [3.8, 4) is 0 Å². The molecule has 0 N–H and O–H groups in total. The summed E-state index contributed by atoms with van der Waals surface area (Å²) in [6.45, 7) is 12.5. The average Bonchev–Trinajstić information content (AvgIpc) is 3.54. The second kappa shape index (κ2) is 1.05. The van der Waals surface area contributed by atoms with E-state index in [9.17, 15) is 0 Å². The molecular formula is C22H34Fe. The van der Waals surface area contributed by atoms with Gasteiger partial charge >= 0.3 is 132 Å². The molecule has 0 aromatic rings. The standard InChI is InChI=1S/C13H21.C9H13.Fe/c1-5-10-9-11(6-2)13(8-4)12(10)7-3;1-3-8-6-5-7-9(8)4-2;/h9H,5-8H2,1-4H3;5-7H,3-4H2,1-2H3;. The predicted molar refractivity (Wildman–Crippen MR) is 92.9 cm³/mol. The Labute approximate surface area is 131 Å². The molecule has 0 aliphatic carbocycles. The van der Waals surface area contributed by atoms with Crippen LogP contribution in [0.1, 0.15) is 80.1 Å². The zero-order chi connectivity index (χ0) is 15.9. The van der Waals surface area contributed by atoms with Crippen LogP contribution in [0.2, 0.25) is 45.1 Å². The zero-order valence-corrected chi connectivity index (χ0v) is 17.0. The van der Waals surface area contributed by atoms with Gasteiger partial charge in [-0.05, 0) is 0 Å². The number of hydrogen-bond acceptors (Lipinski definition) is 0. The van der Waals surface area contributed by atoms with E-state index in [0.717, 1.165) is 25.9 Å². The minimum atomic E-state index is -3.60. The Kier molecular flexibility index (Phi) is 0.516. The van der Waals surface area contributed by atoms with E-state index in [1.54, 1.807) is 38.5 Å². The van der Waals surface area contributed by atoms with Crippen molar-refractivity contribution < 1.29 is 6.51 Å². The molecule has 23 heavy (non-hydrogen) atoms. The van der Waals surface area contributed by atoms with Gasteiger partial charge in [0, 0.05) is 0 Å². The normalized spacial score (nSPS) is 108. The summed E-state index contributed by atoms with van der Waals surface area (Å²) in [4.78, 5) is 5.65. The van der Waals surface area contributed by atoms with Crippen LogP contribution in [0.25, 0.3) is 0 Å². The SMILES string of the molecule is CC[C]12[CH]3[CH]4[CH]5[C]1(CC)[Fe]43521678[CH]2[C]1(CC)[C]6(CC)[C]7(CC)[C]28CC. The summed E-state index contributed by atoms with van der Waals surface area (Å²) in [6, 6.07) is 0. The second-order valence-corrected chi connectivity index (χ2v) is 35.6. The molecule has 0 amide bonds. The van der Waals surface area contributed by atoms with Crippen molar-refractivity contribution in [1.29, 1.82) is 0 Å². The van der Waals surface area contributed by atoms with Gasteiger partial charge in [-0.1, -0.05) is 0 Å². The molecule has 10 fully saturated rings. The summed E-state index contributed by atoms with van der Waals surface area (Å²) < 4.78 is 6.18. The van der Waals surface area contributed by atoms with Crippen LogP contribution in [0.4, 0.5) is 0 Å². The van der Waals surface area contributed by atoms with Crippen molar-refractivity contribution in [2.45, 2.75) is 125 Å². The van der Waals surface area contributed by atoms with Crippen LogP contribution in [0.3, 0.4) is 0 Å². The van der Waals surface area contributed by atoms with Crippen molar-refractivity contribution in [2.75, 3.05) is 0 Å². The molecule has 8 atom stereocenters. The quantitative estimate of drug-likeness (QED) is 0.423.